The molecule has 0 aromatic rings. The van der Waals surface area contributed by atoms with Gasteiger partial charge in [0.25, 0.3) is 0 Å². The predicted octanol–water partition coefficient (Wildman–Crippen LogP) is 1.88. The monoisotopic (exact) mass is 217 g/mol. The van der Waals surface area contributed by atoms with E-state index in [1.54, 1.807) is 0 Å². The van der Waals surface area contributed by atoms with Gasteiger partial charge in [-0.1, -0.05) is 13.8 Å². The van der Waals surface area contributed by atoms with Gasteiger partial charge in [-0.25, -0.2) is 0 Å². The molecule has 0 spiro atoms. The second kappa shape index (κ2) is 5.99. The average Bonchev–Trinajstić information content (AvgIpc) is 2.65. The lowest BCUT2D eigenvalue weighted by atomic mass is 9.89. The number of aliphatic hydroxyl groups is 1. The minimum Gasteiger partial charge on any atom is -0.396 e. The molecule has 0 aromatic carbocycles. The van der Waals surface area contributed by atoms with Crippen LogP contribution in [0.2, 0.25) is 0 Å². The summed E-state index contributed by atoms with van der Waals surface area (Å²) in [5.74, 6) is 2.60. The third kappa shape index (κ3) is 4.67. The van der Waals surface area contributed by atoms with Gasteiger partial charge >= 0.3 is 0 Å². The molecule has 14 heavy (non-hydrogen) atoms. The molecule has 1 aliphatic rings. The number of hydrogen-bond donors (Lipinski definition) is 2. The molecule has 84 valence electrons. The number of aliphatic hydroxyl groups excluding tert-OH is 1. The van der Waals surface area contributed by atoms with Crippen molar-refractivity contribution in [2.24, 2.45) is 5.41 Å². The van der Waals surface area contributed by atoms with Crippen molar-refractivity contribution < 1.29 is 5.11 Å². The van der Waals surface area contributed by atoms with Crippen molar-refractivity contribution in [1.29, 1.82) is 0 Å². The summed E-state index contributed by atoms with van der Waals surface area (Å²) in [7, 11) is 0. The quantitative estimate of drug-likeness (QED) is 0.666. The standard InChI is InChI=1S/C11H23NOS/c1-11(2,9-13)5-3-6-12-10-4-7-14-8-10/h10,12-13H,3-9H2,1-2H3. The second-order valence-electron chi connectivity index (χ2n) is 4.94. The van der Waals surface area contributed by atoms with Crippen molar-refractivity contribution in [3.63, 3.8) is 0 Å². The van der Waals surface area contributed by atoms with E-state index in [-0.39, 0.29) is 5.41 Å². The highest BCUT2D eigenvalue weighted by Crippen LogP contribution is 2.21. The summed E-state index contributed by atoms with van der Waals surface area (Å²) >= 11 is 2.05. The number of hydrogen-bond acceptors (Lipinski definition) is 3. The fourth-order valence-electron chi connectivity index (χ4n) is 1.65. The second-order valence-corrected chi connectivity index (χ2v) is 6.09. The maximum absolute atomic E-state index is 9.08. The van der Waals surface area contributed by atoms with Crippen LogP contribution < -0.4 is 5.32 Å². The van der Waals surface area contributed by atoms with E-state index in [0.29, 0.717) is 6.61 Å². The van der Waals surface area contributed by atoms with Gasteiger partial charge in [0.05, 0.1) is 0 Å². The summed E-state index contributed by atoms with van der Waals surface area (Å²) in [6, 6.07) is 0.747. The minimum atomic E-state index is 0.103. The molecule has 0 aromatic heterocycles. The SMILES string of the molecule is CC(C)(CO)CCCNC1CCSC1. The summed E-state index contributed by atoms with van der Waals surface area (Å²) in [6.07, 6.45) is 3.61. The third-order valence-corrected chi connectivity index (χ3v) is 3.98. The first-order valence-electron chi connectivity index (χ1n) is 5.56. The molecule has 0 bridgehead atoms. The zero-order chi connectivity index (χ0) is 10.4. The Hall–Kier alpha value is 0.270. The topological polar surface area (TPSA) is 32.3 Å². The molecule has 1 heterocycles. The summed E-state index contributed by atoms with van der Waals surface area (Å²) in [4.78, 5) is 0. The third-order valence-electron chi connectivity index (χ3n) is 2.82. The van der Waals surface area contributed by atoms with Gasteiger partial charge in [0.2, 0.25) is 0 Å². The Morgan fingerprint density at radius 2 is 2.29 bits per heavy atom. The molecular weight excluding hydrogens is 194 g/mol. The van der Waals surface area contributed by atoms with Crippen molar-refractivity contribution in [2.75, 3.05) is 24.7 Å². The number of nitrogens with one attached hydrogen (secondary N) is 1. The Balaban J connectivity index is 1.98. The first kappa shape index (κ1) is 12.3. The van der Waals surface area contributed by atoms with E-state index in [9.17, 15) is 0 Å². The molecule has 1 rings (SSSR count). The first-order chi connectivity index (χ1) is 6.64. The molecule has 3 heteroatoms. The van der Waals surface area contributed by atoms with E-state index < -0.39 is 0 Å². The largest absolute Gasteiger partial charge is 0.396 e. The van der Waals surface area contributed by atoms with Gasteiger partial charge in [-0.05, 0) is 37.0 Å². The summed E-state index contributed by atoms with van der Waals surface area (Å²) in [5, 5.41) is 12.7. The fourth-order valence-corrected chi connectivity index (χ4v) is 2.83. The van der Waals surface area contributed by atoms with Crippen LogP contribution in [0, 0.1) is 5.41 Å². The molecular formula is C11H23NOS. The lowest BCUT2D eigenvalue weighted by Gasteiger charge is -2.21. The van der Waals surface area contributed by atoms with Gasteiger partial charge in [-0.3, -0.25) is 0 Å². The highest BCUT2D eigenvalue weighted by Gasteiger charge is 2.17. The van der Waals surface area contributed by atoms with Crippen molar-refractivity contribution in [1.82, 2.24) is 5.32 Å². The van der Waals surface area contributed by atoms with Crippen LogP contribution in [0.25, 0.3) is 0 Å². The smallest absolute Gasteiger partial charge is 0.0482 e. The van der Waals surface area contributed by atoms with Crippen molar-refractivity contribution >= 4 is 11.8 Å². The van der Waals surface area contributed by atoms with Crippen molar-refractivity contribution in [3.05, 3.63) is 0 Å². The lowest BCUT2D eigenvalue weighted by Crippen LogP contribution is -2.30. The lowest BCUT2D eigenvalue weighted by molar-refractivity contribution is 0.147. The Morgan fingerprint density at radius 3 is 2.86 bits per heavy atom. The van der Waals surface area contributed by atoms with Crippen LogP contribution in [0.1, 0.15) is 33.1 Å². The minimum absolute atomic E-state index is 0.103. The van der Waals surface area contributed by atoms with Crippen LogP contribution in [-0.4, -0.2) is 35.8 Å². The van der Waals surface area contributed by atoms with E-state index in [0.717, 1.165) is 19.0 Å². The van der Waals surface area contributed by atoms with Crippen molar-refractivity contribution in [3.8, 4) is 0 Å². The van der Waals surface area contributed by atoms with Crippen LogP contribution in [-0.2, 0) is 0 Å². The van der Waals surface area contributed by atoms with Crippen molar-refractivity contribution in [2.45, 2.75) is 39.2 Å². The maximum atomic E-state index is 9.08. The summed E-state index contributed by atoms with van der Waals surface area (Å²) < 4.78 is 0. The molecule has 1 aliphatic heterocycles. The van der Waals surface area contributed by atoms with Gasteiger partial charge in [-0.15, -0.1) is 0 Å². The van der Waals surface area contributed by atoms with Crippen LogP contribution >= 0.6 is 11.8 Å². The first-order valence-corrected chi connectivity index (χ1v) is 6.71. The molecule has 1 atom stereocenters. The van der Waals surface area contributed by atoms with E-state index in [1.165, 1.54) is 24.3 Å². The van der Waals surface area contributed by atoms with Gasteiger partial charge in [-0.2, -0.15) is 11.8 Å². The molecule has 0 aliphatic carbocycles. The van der Waals surface area contributed by atoms with Crippen LogP contribution in [0.4, 0.5) is 0 Å². The number of thioether (sulfide) groups is 1. The zero-order valence-electron chi connectivity index (χ0n) is 9.38. The number of rotatable bonds is 6. The normalized spacial score (nSPS) is 22.9. The average molecular weight is 217 g/mol. The maximum Gasteiger partial charge on any atom is 0.0482 e. The Labute approximate surface area is 91.9 Å². The summed E-state index contributed by atoms with van der Waals surface area (Å²) in [5.41, 5.74) is 0.103. The van der Waals surface area contributed by atoms with Gasteiger partial charge in [0.15, 0.2) is 0 Å². The molecule has 2 N–H and O–H groups in total. The predicted molar refractivity (Wildman–Crippen MR) is 63.8 cm³/mol. The summed E-state index contributed by atoms with van der Waals surface area (Å²) in [6.45, 7) is 5.65. The van der Waals surface area contributed by atoms with Crippen LogP contribution in [0.15, 0.2) is 0 Å². The molecule has 1 saturated heterocycles. The van der Waals surface area contributed by atoms with Gasteiger partial charge in [0.1, 0.15) is 0 Å². The molecule has 1 unspecified atom stereocenters. The fraction of sp³-hybridized carbons (Fsp3) is 1.00. The molecule has 0 amide bonds. The van der Waals surface area contributed by atoms with E-state index >= 15 is 0 Å². The van der Waals surface area contributed by atoms with E-state index in [2.05, 4.69) is 19.2 Å². The van der Waals surface area contributed by atoms with E-state index in [4.69, 9.17) is 5.11 Å². The Morgan fingerprint density at radius 1 is 1.50 bits per heavy atom. The zero-order valence-corrected chi connectivity index (χ0v) is 10.2. The van der Waals surface area contributed by atoms with Crippen LogP contribution in [0.5, 0.6) is 0 Å². The highest BCUT2D eigenvalue weighted by atomic mass is 32.2. The highest BCUT2D eigenvalue weighted by molar-refractivity contribution is 7.99. The van der Waals surface area contributed by atoms with Gasteiger partial charge in [0, 0.05) is 18.4 Å². The Bertz CT molecular complexity index is 155. The molecule has 0 saturated carbocycles. The van der Waals surface area contributed by atoms with E-state index in [1.807, 2.05) is 11.8 Å². The Kier molecular flexibility index (Phi) is 5.28. The molecule has 2 nitrogen and oxygen atoms in total. The molecule has 0 radical (unpaired) electrons. The van der Waals surface area contributed by atoms with Gasteiger partial charge < -0.3 is 10.4 Å². The van der Waals surface area contributed by atoms with Crippen LogP contribution in [0.3, 0.4) is 0 Å². The molecule has 1 fully saturated rings.